The second-order valence-electron chi connectivity index (χ2n) is 0.509. The van der Waals surface area contributed by atoms with E-state index in [1.807, 2.05) is 5.43 Å². The number of carbonyl (C=O) groups is 1. The van der Waals surface area contributed by atoms with Crippen LogP contribution in [0.4, 0.5) is 4.79 Å². The predicted octanol–water partition coefficient (Wildman–Crippen LogP) is -1.26. The third-order valence-corrected chi connectivity index (χ3v) is 0.492. The number of nitrogens with two attached hydrogens (primary N) is 1. The molecule has 1 amide bonds. The Morgan fingerprint density at radius 2 is 2.20 bits per heavy atom. The average molecular weight is 129 g/mol. The summed E-state index contributed by atoms with van der Waals surface area (Å²) in [5.74, 6) is 4.59. The van der Waals surface area contributed by atoms with E-state index in [0.717, 1.165) is 18.6 Å². The zero-order chi connectivity index (χ0) is 4.28. The first-order chi connectivity index (χ1) is 2.27. The van der Waals surface area contributed by atoms with Crippen molar-refractivity contribution in [3.63, 3.8) is 0 Å². The van der Waals surface area contributed by atoms with Crippen molar-refractivity contribution in [2.24, 2.45) is 5.84 Å². The Bertz CT molecular complexity index is 44.9. The van der Waals surface area contributed by atoms with E-state index in [2.05, 4.69) is 5.84 Å². The van der Waals surface area contributed by atoms with Crippen LogP contribution in [0.15, 0.2) is 0 Å². The molecule has 0 aliphatic rings. The van der Waals surface area contributed by atoms with Gasteiger partial charge in [-0.05, 0) is 0 Å². The van der Waals surface area contributed by atoms with Gasteiger partial charge in [-0.3, -0.25) is 0 Å². The number of nitrogens with one attached hydrogen (secondary N) is 1. The molecule has 26 valence electrons. The van der Waals surface area contributed by atoms with Crippen LogP contribution in [0.2, 0.25) is 0 Å². The summed E-state index contributed by atoms with van der Waals surface area (Å²) in [6.07, 6.45) is 0. The fraction of sp³-hybridized carbons (Fsp3) is 0. The van der Waals surface area contributed by atoms with Crippen molar-refractivity contribution in [1.82, 2.24) is 5.43 Å². The number of hydrazine groups is 1. The van der Waals surface area contributed by atoms with E-state index < -0.39 is 0 Å². The molecular formula is CH3GaN2O. The standard InChI is InChI=1S/CH3N2O.Ga/c2-3-1-4;/h2H2,(H,3,4);. The van der Waals surface area contributed by atoms with Crippen LogP contribution in [0.5, 0.6) is 0 Å². The molecule has 4 heteroatoms. The second-order valence-corrected chi connectivity index (χ2v) is 1.61. The zero-order valence-electron chi connectivity index (χ0n) is 2.56. The molecule has 0 rings (SSSR count). The van der Waals surface area contributed by atoms with Crippen molar-refractivity contribution in [1.29, 1.82) is 0 Å². The molecule has 0 heterocycles. The summed E-state index contributed by atoms with van der Waals surface area (Å²) in [5, 5.41) is 0. The molecule has 3 nitrogen and oxygen atoms in total. The minimum atomic E-state index is -0.155. The molecule has 0 aromatic carbocycles. The van der Waals surface area contributed by atoms with Gasteiger partial charge in [-0.25, -0.2) is 0 Å². The minimum absolute atomic E-state index is 0.155. The van der Waals surface area contributed by atoms with Crippen LogP contribution < -0.4 is 11.3 Å². The Hall–Kier alpha value is 0.0664. The van der Waals surface area contributed by atoms with Crippen LogP contribution in [0.25, 0.3) is 0 Å². The molecule has 0 saturated carbocycles. The Labute approximate surface area is 39.8 Å². The van der Waals surface area contributed by atoms with E-state index in [9.17, 15) is 4.79 Å². The summed E-state index contributed by atoms with van der Waals surface area (Å²) in [4.78, 5) is 9.60. The van der Waals surface area contributed by atoms with Gasteiger partial charge in [-0.1, -0.05) is 0 Å². The Kier molecular flexibility index (Phi) is 2.34. The summed E-state index contributed by atoms with van der Waals surface area (Å²) in [7, 11) is 0. The normalized spacial score (nSPS) is 6.60. The van der Waals surface area contributed by atoms with E-state index in [1.54, 1.807) is 0 Å². The van der Waals surface area contributed by atoms with Crippen LogP contribution in [-0.4, -0.2) is 23.1 Å². The van der Waals surface area contributed by atoms with Gasteiger partial charge in [0.05, 0.1) is 0 Å². The molecule has 2 radical (unpaired) electrons. The van der Waals surface area contributed by atoms with Gasteiger partial charge in [0.15, 0.2) is 0 Å². The van der Waals surface area contributed by atoms with Gasteiger partial charge in [-0.2, -0.15) is 0 Å². The SMILES string of the molecule is NN[C](=O)[Ga]. The summed E-state index contributed by atoms with van der Waals surface area (Å²) >= 11 is 0.964. The van der Waals surface area contributed by atoms with E-state index in [4.69, 9.17) is 0 Å². The molecule has 0 unspecified atom stereocenters. The van der Waals surface area contributed by atoms with E-state index in [-0.39, 0.29) is 4.46 Å². The molecule has 0 spiro atoms. The van der Waals surface area contributed by atoms with Crippen molar-refractivity contribution in [2.75, 3.05) is 0 Å². The molecule has 0 aliphatic carbocycles. The number of rotatable bonds is 0. The molecule has 0 saturated heterocycles. The van der Waals surface area contributed by atoms with Gasteiger partial charge in [-0.15, -0.1) is 0 Å². The van der Waals surface area contributed by atoms with E-state index >= 15 is 0 Å². The molecular weight excluding hydrogens is 126 g/mol. The van der Waals surface area contributed by atoms with Crippen molar-refractivity contribution in [2.45, 2.75) is 0 Å². The maximum absolute atomic E-state index is 9.60. The first kappa shape index (κ1) is 5.07. The van der Waals surface area contributed by atoms with Crippen molar-refractivity contribution < 1.29 is 4.79 Å². The number of hydrogen-bond acceptors (Lipinski definition) is 2. The summed E-state index contributed by atoms with van der Waals surface area (Å²) < 4.78 is -0.155. The van der Waals surface area contributed by atoms with Crippen LogP contribution in [0.3, 0.4) is 0 Å². The molecule has 0 aliphatic heterocycles. The summed E-state index contributed by atoms with van der Waals surface area (Å²) in [6, 6.07) is 0. The molecule has 0 atom stereocenters. The van der Waals surface area contributed by atoms with Gasteiger partial charge in [0, 0.05) is 0 Å². The second kappa shape index (κ2) is 2.31. The van der Waals surface area contributed by atoms with Crippen LogP contribution >= 0.6 is 0 Å². The van der Waals surface area contributed by atoms with Gasteiger partial charge < -0.3 is 0 Å². The Morgan fingerprint density at radius 3 is 2.20 bits per heavy atom. The molecule has 0 bridgehead atoms. The molecule has 0 fully saturated rings. The number of amides is 1. The van der Waals surface area contributed by atoms with Crippen molar-refractivity contribution in [3.05, 3.63) is 0 Å². The average Bonchev–Trinajstić information content (AvgIpc) is 1.38. The van der Waals surface area contributed by atoms with E-state index in [0.29, 0.717) is 0 Å². The van der Waals surface area contributed by atoms with Crippen molar-refractivity contribution >= 4 is 23.1 Å². The fourth-order valence-electron chi connectivity index (χ4n) is 0. The first-order valence-corrected chi connectivity index (χ1v) is 2.24. The molecule has 3 N–H and O–H groups in total. The van der Waals surface area contributed by atoms with Gasteiger partial charge in [0.25, 0.3) is 0 Å². The monoisotopic (exact) mass is 128 g/mol. The molecule has 0 aromatic heterocycles. The third kappa shape index (κ3) is 4.07. The Balaban J connectivity index is 2.85. The van der Waals surface area contributed by atoms with E-state index in [1.165, 1.54) is 0 Å². The molecule has 5 heavy (non-hydrogen) atoms. The summed E-state index contributed by atoms with van der Waals surface area (Å²) in [6.45, 7) is 0. The zero-order valence-corrected chi connectivity index (χ0v) is 4.99. The third-order valence-electron chi connectivity index (χ3n) is 0.142. The summed E-state index contributed by atoms with van der Waals surface area (Å²) in [5.41, 5.74) is 1.92. The van der Waals surface area contributed by atoms with Gasteiger partial charge >= 0.3 is 39.1 Å². The first-order valence-electron chi connectivity index (χ1n) is 1.03. The predicted molar refractivity (Wildman–Crippen MR) is 18.5 cm³/mol. The number of carbonyl (C=O) groups excluding carboxylic acids is 1. The maximum atomic E-state index is 9.60. The topological polar surface area (TPSA) is 55.1 Å². The van der Waals surface area contributed by atoms with Gasteiger partial charge in [0.1, 0.15) is 0 Å². The fourth-order valence-corrected chi connectivity index (χ4v) is 0. The van der Waals surface area contributed by atoms with Crippen LogP contribution in [0, 0.1) is 0 Å². The van der Waals surface area contributed by atoms with Crippen LogP contribution in [0.1, 0.15) is 0 Å². The number of hydrogen-bond donors (Lipinski definition) is 2. The van der Waals surface area contributed by atoms with Crippen molar-refractivity contribution in [3.8, 4) is 0 Å². The Morgan fingerprint density at radius 1 is 2.00 bits per heavy atom. The quantitative estimate of drug-likeness (QED) is 0.185. The van der Waals surface area contributed by atoms with Gasteiger partial charge in [0.2, 0.25) is 0 Å². The van der Waals surface area contributed by atoms with Crippen LogP contribution in [-0.2, 0) is 0 Å². The molecule has 0 aromatic rings.